The highest BCUT2D eigenvalue weighted by molar-refractivity contribution is 6.31. The summed E-state index contributed by atoms with van der Waals surface area (Å²) in [4.78, 5) is 21.1. The van der Waals surface area contributed by atoms with Crippen LogP contribution in [0.25, 0.3) is 10.9 Å². The third-order valence-corrected chi connectivity index (χ3v) is 5.74. The van der Waals surface area contributed by atoms with E-state index in [-0.39, 0.29) is 22.1 Å². The third kappa shape index (κ3) is 4.09. The normalized spacial score (nSPS) is 18.5. The molecule has 31 heavy (non-hydrogen) atoms. The van der Waals surface area contributed by atoms with Crippen LogP contribution in [0.2, 0.25) is 5.02 Å². The monoisotopic (exact) mass is 439 g/mol. The lowest BCUT2D eigenvalue weighted by atomic mass is 9.82. The quantitative estimate of drug-likeness (QED) is 0.357. The summed E-state index contributed by atoms with van der Waals surface area (Å²) in [6.45, 7) is 3.14. The first-order chi connectivity index (χ1) is 14.8. The fraction of sp³-hybridized carbons (Fsp3) is 0.273. The average Bonchev–Trinajstić information content (AvgIpc) is 2.74. The number of nitrogens with two attached hydrogens (primary N) is 1. The topological polar surface area (TPSA) is 98.2 Å². The molecule has 0 amide bonds. The van der Waals surface area contributed by atoms with Gasteiger partial charge < -0.3 is 10.6 Å². The number of nitrogen functional groups attached to an aromatic ring is 1. The molecule has 7 nitrogen and oxygen atoms in total. The van der Waals surface area contributed by atoms with E-state index in [0.717, 1.165) is 12.8 Å². The summed E-state index contributed by atoms with van der Waals surface area (Å²) in [6, 6.07) is 7.83. The average molecular weight is 440 g/mol. The summed E-state index contributed by atoms with van der Waals surface area (Å²) >= 11 is 5.94. The highest BCUT2D eigenvalue weighted by Gasteiger charge is 2.31. The van der Waals surface area contributed by atoms with Crippen molar-refractivity contribution in [3.05, 3.63) is 63.2 Å². The maximum atomic E-state index is 14.5. The molecule has 0 radical (unpaired) electrons. The molecule has 9 heteroatoms. The van der Waals surface area contributed by atoms with Gasteiger partial charge in [-0.3, -0.25) is 10.1 Å². The number of halogens is 2. The molecule has 1 aromatic heterocycles. The summed E-state index contributed by atoms with van der Waals surface area (Å²) in [6.07, 6.45) is 2.90. The Kier molecular flexibility index (Phi) is 5.38. The number of nitro groups is 1. The fourth-order valence-electron chi connectivity index (χ4n) is 3.86. The number of nitro benzene ring substituents is 1. The Labute approximate surface area is 183 Å². The molecule has 2 heterocycles. The summed E-state index contributed by atoms with van der Waals surface area (Å²) < 4.78 is 14.5. The molecule has 1 aliphatic rings. The number of hydrogen-bond acceptors (Lipinski definition) is 6. The van der Waals surface area contributed by atoms with Crippen molar-refractivity contribution in [1.82, 2.24) is 9.97 Å². The zero-order valence-electron chi connectivity index (χ0n) is 16.7. The standard InChI is InChI=1S/C22H19ClFN5O2/c1-22(7-3-9-28(12-22)18-5-2-4-16(23)20(18)24)8-6-14-10-17-15(11-19(14)29(30)31)21(25)27-13-26-17/h2,4-5,10-11,13H,3,7,9,12H2,1H3,(H2,25,26,27). The zero-order chi connectivity index (χ0) is 22.2. The van der Waals surface area contributed by atoms with E-state index in [0.29, 0.717) is 29.7 Å². The summed E-state index contributed by atoms with van der Waals surface area (Å²) in [5.41, 5.74) is 6.36. The number of rotatable bonds is 2. The van der Waals surface area contributed by atoms with Crippen molar-refractivity contribution in [1.29, 1.82) is 0 Å². The number of anilines is 2. The van der Waals surface area contributed by atoms with E-state index in [9.17, 15) is 14.5 Å². The molecule has 1 atom stereocenters. The van der Waals surface area contributed by atoms with Gasteiger partial charge in [0.05, 0.1) is 21.2 Å². The molecule has 4 rings (SSSR count). The van der Waals surface area contributed by atoms with Crippen LogP contribution in [0.1, 0.15) is 25.3 Å². The first-order valence-electron chi connectivity index (χ1n) is 9.68. The van der Waals surface area contributed by atoms with Crippen LogP contribution in [0, 0.1) is 33.2 Å². The van der Waals surface area contributed by atoms with E-state index in [1.165, 1.54) is 18.5 Å². The van der Waals surface area contributed by atoms with Crippen molar-refractivity contribution in [2.75, 3.05) is 23.7 Å². The highest BCUT2D eigenvalue weighted by Crippen LogP contribution is 2.35. The minimum atomic E-state index is -0.493. The summed E-state index contributed by atoms with van der Waals surface area (Å²) in [7, 11) is 0. The maximum absolute atomic E-state index is 14.5. The van der Waals surface area contributed by atoms with Gasteiger partial charge in [-0.25, -0.2) is 14.4 Å². The highest BCUT2D eigenvalue weighted by atomic mass is 35.5. The van der Waals surface area contributed by atoms with Crippen LogP contribution < -0.4 is 10.6 Å². The van der Waals surface area contributed by atoms with Gasteiger partial charge in [0, 0.05) is 30.0 Å². The molecule has 0 aliphatic carbocycles. The molecule has 2 N–H and O–H groups in total. The smallest absolute Gasteiger partial charge is 0.285 e. The lowest BCUT2D eigenvalue weighted by Crippen LogP contribution is -2.41. The SMILES string of the molecule is CC1(C#Cc2cc3ncnc(N)c3cc2[N+](=O)[O-])CCCN(c2cccc(Cl)c2F)C1. The minimum absolute atomic E-state index is 0.0731. The van der Waals surface area contributed by atoms with Gasteiger partial charge in [-0.15, -0.1) is 0 Å². The van der Waals surface area contributed by atoms with Crippen LogP contribution in [-0.2, 0) is 0 Å². The third-order valence-electron chi connectivity index (χ3n) is 5.45. The molecule has 158 valence electrons. The number of hydrogen-bond donors (Lipinski definition) is 1. The van der Waals surface area contributed by atoms with Gasteiger partial charge in [-0.2, -0.15) is 0 Å². The first-order valence-corrected chi connectivity index (χ1v) is 10.1. The lowest BCUT2D eigenvalue weighted by molar-refractivity contribution is -0.385. The van der Waals surface area contributed by atoms with E-state index >= 15 is 0 Å². The van der Waals surface area contributed by atoms with Crippen molar-refractivity contribution < 1.29 is 9.31 Å². The lowest BCUT2D eigenvalue weighted by Gasteiger charge is -2.38. The molecule has 1 fully saturated rings. The molecule has 0 bridgehead atoms. The van der Waals surface area contributed by atoms with Crippen molar-refractivity contribution in [3.63, 3.8) is 0 Å². The molecular formula is C22H19ClFN5O2. The number of fused-ring (bicyclic) bond motifs is 1. The number of benzene rings is 2. The van der Waals surface area contributed by atoms with Crippen LogP contribution >= 0.6 is 11.6 Å². The van der Waals surface area contributed by atoms with Crippen LogP contribution in [0.3, 0.4) is 0 Å². The summed E-state index contributed by atoms with van der Waals surface area (Å²) in [5.74, 6) is 5.89. The predicted octanol–water partition coefficient (Wildman–Crippen LogP) is 4.57. The summed E-state index contributed by atoms with van der Waals surface area (Å²) in [5, 5.41) is 12.1. The van der Waals surface area contributed by atoms with Crippen LogP contribution in [-0.4, -0.2) is 28.0 Å². The van der Waals surface area contributed by atoms with E-state index in [1.54, 1.807) is 18.2 Å². The number of nitrogens with zero attached hydrogens (tertiary/aromatic N) is 4. The van der Waals surface area contributed by atoms with E-state index in [2.05, 4.69) is 21.8 Å². The molecule has 0 spiro atoms. The first kappa shape index (κ1) is 20.8. The Balaban J connectivity index is 1.70. The fourth-order valence-corrected chi connectivity index (χ4v) is 4.03. The van der Waals surface area contributed by atoms with Gasteiger partial charge in [0.2, 0.25) is 0 Å². The van der Waals surface area contributed by atoms with Gasteiger partial charge in [0.15, 0.2) is 5.82 Å². The van der Waals surface area contributed by atoms with Crippen LogP contribution in [0.5, 0.6) is 0 Å². The molecule has 1 unspecified atom stereocenters. The number of aromatic nitrogens is 2. The zero-order valence-corrected chi connectivity index (χ0v) is 17.5. The molecule has 1 aliphatic heterocycles. The molecule has 3 aromatic rings. The minimum Gasteiger partial charge on any atom is -0.383 e. The van der Waals surface area contributed by atoms with E-state index in [4.69, 9.17) is 17.3 Å². The largest absolute Gasteiger partial charge is 0.383 e. The second-order valence-corrected chi connectivity index (χ2v) is 8.22. The Bertz CT molecular complexity index is 1260. The van der Waals surface area contributed by atoms with Gasteiger partial charge in [0.25, 0.3) is 5.69 Å². The van der Waals surface area contributed by atoms with Crippen molar-refractivity contribution in [2.45, 2.75) is 19.8 Å². The molecule has 1 saturated heterocycles. The second-order valence-electron chi connectivity index (χ2n) is 7.81. The second kappa shape index (κ2) is 8.00. The maximum Gasteiger partial charge on any atom is 0.285 e. The van der Waals surface area contributed by atoms with Gasteiger partial charge in [0.1, 0.15) is 17.7 Å². The van der Waals surface area contributed by atoms with E-state index in [1.807, 2.05) is 11.8 Å². The van der Waals surface area contributed by atoms with Gasteiger partial charge >= 0.3 is 0 Å². The predicted molar refractivity (Wildman–Crippen MR) is 118 cm³/mol. The molecule has 2 aromatic carbocycles. The van der Waals surface area contributed by atoms with Crippen molar-refractivity contribution in [2.24, 2.45) is 5.41 Å². The van der Waals surface area contributed by atoms with Crippen LogP contribution in [0.15, 0.2) is 36.7 Å². The van der Waals surface area contributed by atoms with Crippen molar-refractivity contribution >= 4 is 39.7 Å². The van der Waals surface area contributed by atoms with Crippen LogP contribution in [0.4, 0.5) is 21.6 Å². The Hall–Kier alpha value is -3.44. The van der Waals surface area contributed by atoms with Gasteiger partial charge in [-0.1, -0.05) is 29.5 Å². The van der Waals surface area contributed by atoms with Gasteiger partial charge in [-0.05, 0) is 38.0 Å². The molecule has 0 saturated carbocycles. The number of piperidine rings is 1. The Morgan fingerprint density at radius 3 is 2.94 bits per heavy atom. The Morgan fingerprint density at radius 2 is 2.16 bits per heavy atom. The van der Waals surface area contributed by atoms with Crippen molar-refractivity contribution in [3.8, 4) is 11.8 Å². The Morgan fingerprint density at radius 1 is 1.35 bits per heavy atom. The van der Waals surface area contributed by atoms with E-state index < -0.39 is 16.2 Å². The molecular weight excluding hydrogens is 421 g/mol.